The minimum absolute atomic E-state index is 0.326. The van der Waals surface area contributed by atoms with E-state index in [1.807, 2.05) is 30.5 Å². The first-order valence-corrected chi connectivity index (χ1v) is 7.36. The second kappa shape index (κ2) is 6.59. The Morgan fingerprint density at radius 1 is 1.14 bits per heavy atom. The molecular formula is C17H20N2O2. The Bertz CT molecular complexity index is 587. The predicted octanol–water partition coefficient (Wildman–Crippen LogP) is 2.87. The lowest BCUT2D eigenvalue weighted by Gasteiger charge is -2.21. The number of hydrogen-bond acceptors (Lipinski definition) is 4. The minimum atomic E-state index is 0.326. The summed E-state index contributed by atoms with van der Waals surface area (Å²) in [5.41, 5.74) is 2.32. The molecule has 2 aromatic rings. The quantitative estimate of drug-likeness (QED) is 0.817. The van der Waals surface area contributed by atoms with Crippen LogP contribution in [0.15, 0.2) is 42.6 Å². The summed E-state index contributed by atoms with van der Waals surface area (Å²) >= 11 is 0. The van der Waals surface area contributed by atoms with Crippen LogP contribution in [0, 0.1) is 0 Å². The summed E-state index contributed by atoms with van der Waals surface area (Å²) in [6.45, 7) is 5.36. The molecule has 0 saturated carbocycles. The summed E-state index contributed by atoms with van der Waals surface area (Å²) in [5, 5.41) is 0. The number of nitrogens with zero attached hydrogens (tertiary/aromatic N) is 2. The van der Waals surface area contributed by atoms with Crippen LogP contribution in [0.25, 0.3) is 0 Å². The standard InChI is InChI=1S/C17H20N2O2/c1-2-19(11-9-15-7-3-4-10-18-15)12-14-6-5-8-16-17(14)21-13-20-16/h3-8,10H,2,9,11-13H2,1H3. The van der Waals surface area contributed by atoms with Crippen LogP contribution in [0.2, 0.25) is 0 Å². The highest BCUT2D eigenvalue weighted by atomic mass is 16.7. The molecule has 0 amide bonds. The Labute approximate surface area is 125 Å². The Hall–Kier alpha value is -2.07. The number of pyridine rings is 1. The maximum absolute atomic E-state index is 5.58. The van der Waals surface area contributed by atoms with E-state index in [0.29, 0.717) is 6.79 Å². The first-order valence-electron chi connectivity index (χ1n) is 7.36. The zero-order valence-corrected chi connectivity index (χ0v) is 12.3. The van der Waals surface area contributed by atoms with Crippen LogP contribution in [-0.2, 0) is 13.0 Å². The third-order valence-corrected chi connectivity index (χ3v) is 3.73. The molecule has 0 radical (unpaired) electrons. The van der Waals surface area contributed by atoms with Crippen LogP contribution >= 0.6 is 0 Å². The number of para-hydroxylation sites is 1. The Morgan fingerprint density at radius 3 is 2.90 bits per heavy atom. The first kappa shape index (κ1) is 13.9. The molecule has 3 rings (SSSR count). The van der Waals surface area contributed by atoms with Crippen LogP contribution in [-0.4, -0.2) is 29.8 Å². The van der Waals surface area contributed by atoms with Crippen molar-refractivity contribution >= 4 is 0 Å². The second-order valence-corrected chi connectivity index (χ2v) is 5.09. The van der Waals surface area contributed by atoms with Crippen molar-refractivity contribution < 1.29 is 9.47 Å². The van der Waals surface area contributed by atoms with Gasteiger partial charge in [-0.2, -0.15) is 0 Å². The number of ether oxygens (including phenoxy) is 2. The predicted molar refractivity (Wildman–Crippen MR) is 81.5 cm³/mol. The van der Waals surface area contributed by atoms with E-state index >= 15 is 0 Å². The minimum Gasteiger partial charge on any atom is -0.454 e. The van der Waals surface area contributed by atoms with Crippen LogP contribution in [0.4, 0.5) is 0 Å². The van der Waals surface area contributed by atoms with Crippen molar-refractivity contribution in [2.45, 2.75) is 19.9 Å². The number of likely N-dealkylation sites (N-methyl/N-ethyl adjacent to an activating group) is 1. The zero-order chi connectivity index (χ0) is 14.5. The number of hydrogen-bond donors (Lipinski definition) is 0. The van der Waals surface area contributed by atoms with Crippen LogP contribution in [0.5, 0.6) is 11.5 Å². The third kappa shape index (κ3) is 3.34. The van der Waals surface area contributed by atoms with Gasteiger partial charge in [0.15, 0.2) is 11.5 Å². The molecule has 0 spiro atoms. The van der Waals surface area contributed by atoms with Crippen molar-refractivity contribution in [3.63, 3.8) is 0 Å². The number of aromatic nitrogens is 1. The highest BCUT2D eigenvalue weighted by Crippen LogP contribution is 2.35. The van der Waals surface area contributed by atoms with Crippen molar-refractivity contribution in [3.8, 4) is 11.5 Å². The highest BCUT2D eigenvalue weighted by molar-refractivity contribution is 5.48. The van der Waals surface area contributed by atoms with Crippen LogP contribution < -0.4 is 9.47 Å². The van der Waals surface area contributed by atoms with E-state index in [4.69, 9.17) is 9.47 Å². The largest absolute Gasteiger partial charge is 0.454 e. The average molecular weight is 284 g/mol. The summed E-state index contributed by atoms with van der Waals surface area (Å²) in [4.78, 5) is 6.77. The normalized spacial score (nSPS) is 12.9. The van der Waals surface area contributed by atoms with Crippen molar-refractivity contribution in [2.75, 3.05) is 19.9 Å². The van der Waals surface area contributed by atoms with Gasteiger partial charge >= 0.3 is 0 Å². The van der Waals surface area contributed by atoms with E-state index in [-0.39, 0.29) is 0 Å². The van der Waals surface area contributed by atoms with Gasteiger partial charge < -0.3 is 9.47 Å². The molecule has 0 saturated heterocycles. The van der Waals surface area contributed by atoms with Crippen molar-refractivity contribution in [3.05, 3.63) is 53.9 Å². The fourth-order valence-electron chi connectivity index (χ4n) is 2.52. The van der Waals surface area contributed by atoms with Gasteiger partial charge in [0.2, 0.25) is 6.79 Å². The van der Waals surface area contributed by atoms with Gasteiger partial charge in [-0.15, -0.1) is 0 Å². The molecule has 4 nitrogen and oxygen atoms in total. The van der Waals surface area contributed by atoms with Gasteiger partial charge in [-0.05, 0) is 24.7 Å². The van der Waals surface area contributed by atoms with E-state index in [9.17, 15) is 0 Å². The molecule has 0 N–H and O–H groups in total. The summed E-state index contributed by atoms with van der Waals surface area (Å²) in [6.07, 6.45) is 2.81. The monoisotopic (exact) mass is 284 g/mol. The highest BCUT2D eigenvalue weighted by Gasteiger charge is 2.18. The van der Waals surface area contributed by atoms with E-state index in [1.54, 1.807) is 0 Å². The van der Waals surface area contributed by atoms with E-state index in [1.165, 1.54) is 5.56 Å². The van der Waals surface area contributed by atoms with Gasteiger partial charge in [-0.3, -0.25) is 9.88 Å². The Morgan fingerprint density at radius 2 is 2.10 bits per heavy atom. The lowest BCUT2D eigenvalue weighted by atomic mass is 10.1. The average Bonchev–Trinajstić information content (AvgIpc) is 3.02. The molecule has 1 aliphatic heterocycles. The molecule has 21 heavy (non-hydrogen) atoms. The second-order valence-electron chi connectivity index (χ2n) is 5.09. The smallest absolute Gasteiger partial charge is 0.231 e. The van der Waals surface area contributed by atoms with Crippen molar-refractivity contribution in [1.82, 2.24) is 9.88 Å². The molecular weight excluding hydrogens is 264 g/mol. The lowest BCUT2D eigenvalue weighted by molar-refractivity contribution is 0.172. The van der Waals surface area contributed by atoms with Crippen molar-refractivity contribution in [2.24, 2.45) is 0 Å². The van der Waals surface area contributed by atoms with Crippen LogP contribution in [0.1, 0.15) is 18.2 Å². The van der Waals surface area contributed by atoms with Crippen molar-refractivity contribution in [1.29, 1.82) is 0 Å². The van der Waals surface area contributed by atoms with Gasteiger partial charge in [0.25, 0.3) is 0 Å². The molecule has 2 heterocycles. The summed E-state index contributed by atoms with van der Waals surface area (Å²) in [5.74, 6) is 1.75. The zero-order valence-electron chi connectivity index (χ0n) is 12.3. The van der Waals surface area contributed by atoms with E-state index in [0.717, 1.165) is 43.2 Å². The third-order valence-electron chi connectivity index (χ3n) is 3.73. The Kier molecular flexibility index (Phi) is 4.36. The number of rotatable bonds is 6. The fourth-order valence-corrected chi connectivity index (χ4v) is 2.52. The molecule has 110 valence electrons. The summed E-state index contributed by atoms with van der Waals surface area (Å²) in [7, 11) is 0. The van der Waals surface area contributed by atoms with Gasteiger partial charge in [0.05, 0.1) is 0 Å². The van der Waals surface area contributed by atoms with Gasteiger partial charge in [-0.1, -0.05) is 25.1 Å². The first-order chi connectivity index (χ1) is 10.4. The summed E-state index contributed by atoms with van der Waals surface area (Å²) in [6, 6.07) is 12.1. The summed E-state index contributed by atoms with van der Waals surface area (Å²) < 4.78 is 11.0. The fraction of sp³-hybridized carbons (Fsp3) is 0.353. The maximum Gasteiger partial charge on any atom is 0.231 e. The Balaban J connectivity index is 1.64. The molecule has 4 heteroatoms. The van der Waals surface area contributed by atoms with E-state index in [2.05, 4.69) is 28.9 Å². The topological polar surface area (TPSA) is 34.6 Å². The molecule has 0 bridgehead atoms. The molecule has 0 unspecified atom stereocenters. The molecule has 0 aliphatic carbocycles. The van der Waals surface area contributed by atoms with Gasteiger partial charge in [0.1, 0.15) is 0 Å². The molecule has 0 fully saturated rings. The number of fused-ring (bicyclic) bond motifs is 1. The number of benzene rings is 1. The lowest BCUT2D eigenvalue weighted by Crippen LogP contribution is -2.25. The molecule has 1 aromatic heterocycles. The maximum atomic E-state index is 5.58. The SMILES string of the molecule is CCN(CCc1ccccn1)Cc1cccc2c1OCO2. The molecule has 0 atom stereocenters. The van der Waals surface area contributed by atoms with Gasteiger partial charge in [0, 0.05) is 37.0 Å². The molecule has 1 aliphatic rings. The molecule has 1 aromatic carbocycles. The van der Waals surface area contributed by atoms with E-state index < -0.39 is 0 Å². The van der Waals surface area contributed by atoms with Gasteiger partial charge in [-0.25, -0.2) is 0 Å². The van der Waals surface area contributed by atoms with Crippen LogP contribution in [0.3, 0.4) is 0 Å².